The maximum atomic E-state index is 5.19. The van der Waals surface area contributed by atoms with Crippen molar-refractivity contribution in [2.75, 3.05) is 20.2 Å². The van der Waals surface area contributed by atoms with E-state index in [4.69, 9.17) is 4.74 Å². The molecule has 7 nitrogen and oxygen atoms in total. The number of nitrogens with zero attached hydrogens (tertiary/aromatic N) is 4. The number of rotatable bonds is 8. The predicted molar refractivity (Wildman–Crippen MR) is 107 cm³/mol. The second-order valence-corrected chi connectivity index (χ2v) is 6.12. The predicted octanol–water partition coefficient (Wildman–Crippen LogP) is 2.43. The minimum atomic E-state index is 0.471. The standard InChI is InChI=1S/C20H26N6O/c1-3-21-20(22-13-6-7-16-9-11-17(27-2)12-10-16)23-15-19-25-24-18-8-4-5-14-26(18)19/h4-5,8-12,14H,3,6-7,13,15H2,1-2H3,(H2,21,22,23). The Labute approximate surface area is 159 Å². The van der Waals surface area contributed by atoms with Crippen molar-refractivity contribution in [2.24, 2.45) is 4.99 Å². The molecule has 142 valence electrons. The summed E-state index contributed by atoms with van der Waals surface area (Å²) in [6.07, 6.45) is 3.98. The van der Waals surface area contributed by atoms with E-state index in [1.807, 2.05) is 40.9 Å². The quantitative estimate of drug-likeness (QED) is 0.364. The molecule has 0 unspecified atom stereocenters. The van der Waals surface area contributed by atoms with Crippen LogP contribution in [-0.2, 0) is 13.0 Å². The molecular formula is C20H26N6O. The largest absolute Gasteiger partial charge is 0.497 e. The maximum Gasteiger partial charge on any atom is 0.191 e. The van der Waals surface area contributed by atoms with Gasteiger partial charge in [-0.15, -0.1) is 10.2 Å². The van der Waals surface area contributed by atoms with Crippen LogP contribution in [0.3, 0.4) is 0 Å². The SMILES string of the molecule is CCNC(=NCc1nnc2ccccn12)NCCCc1ccc(OC)cc1. The first-order valence-electron chi connectivity index (χ1n) is 9.24. The Bertz CT molecular complexity index is 872. The Hall–Kier alpha value is -3.09. The van der Waals surface area contributed by atoms with Gasteiger partial charge in [-0.05, 0) is 49.6 Å². The van der Waals surface area contributed by atoms with Crippen LogP contribution in [0.15, 0.2) is 53.7 Å². The van der Waals surface area contributed by atoms with Crippen LogP contribution in [0.2, 0.25) is 0 Å². The van der Waals surface area contributed by atoms with Gasteiger partial charge in [0.15, 0.2) is 17.4 Å². The maximum absolute atomic E-state index is 5.19. The summed E-state index contributed by atoms with van der Waals surface area (Å²) in [6, 6.07) is 14.1. The molecule has 0 aliphatic heterocycles. The van der Waals surface area contributed by atoms with Crippen molar-refractivity contribution in [1.82, 2.24) is 25.2 Å². The number of pyridine rings is 1. The molecule has 1 aromatic carbocycles. The number of aliphatic imine (C=N–C) groups is 1. The number of nitrogens with one attached hydrogen (secondary N) is 2. The molecule has 2 aromatic heterocycles. The Kier molecular flexibility index (Phi) is 6.62. The van der Waals surface area contributed by atoms with Gasteiger partial charge >= 0.3 is 0 Å². The van der Waals surface area contributed by atoms with Gasteiger partial charge in [0, 0.05) is 19.3 Å². The summed E-state index contributed by atoms with van der Waals surface area (Å²) >= 11 is 0. The van der Waals surface area contributed by atoms with E-state index < -0.39 is 0 Å². The molecule has 0 aliphatic carbocycles. The molecule has 3 rings (SSSR count). The number of hydrogen-bond donors (Lipinski definition) is 2. The molecule has 0 saturated heterocycles. The normalized spacial score (nSPS) is 11.6. The van der Waals surface area contributed by atoms with Crippen LogP contribution >= 0.6 is 0 Å². The monoisotopic (exact) mass is 366 g/mol. The van der Waals surface area contributed by atoms with E-state index in [0.29, 0.717) is 6.54 Å². The van der Waals surface area contributed by atoms with Crippen LogP contribution in [0.4, 0.5) is 0 Å². The van der Waals surface area contributed by atoms with E-state index in [-0.39, 0.29) is 0 Å². The molecule has 27 heavy (non-hydrogen) atoms. The lowest BCUT2D eigenvalue weighted by Gasteiger charge is -2.11. The fraction of sp³-hybridized carbons (Fsp3) is 0.350. The lowest BCUT2D eigenvalue weighted by molar-refractivity contribution is 0.414. The van der Waals surface area contributed by atoms with E-state index in [0.717, 1.165) is 49.1 Å². The van der Waals surface area contributed by atoms with E-state index in [1.165, 1.54) is 5.56 Å². The molecule has 0 spiro atoms. The summed E-state index contributed by atoms with van der Waals surface area (Å²) in [5.74, 6) is 2.50. The van der Waals surface area contributed by atoms with Crippen LogP contribution in [-0.4, -0.2) is 40.8 Å². The van der Waals surface area contributed by atoms with Gasteiger partial charge in [-0.1, -0.05) is 18.2 Å². The van der Waals surface area contributed by atoms with Gasteiger partial charge in [0.05, 0.1) is 7.11 Å². The molecule has 0 atom stereocenters. The van der Waals surface area contributed by atoms with Crippen LogP contribution < -0.4 is 15.4 Å². The van der Waals surface area contributed by atoms with Crippen molar-refractivity contribution in [3.63, 3.8) is 0 Å². The Balaban J connectivity index is 1.51. The van der Waals surface area contributed by atoms with Crippen LogP contribution in [0.5, 0.6) is 5.75 Å². The number of guanidine groups is 1. The zero-order valence-electron chi connectivity index (χ0n) is 15.9. The molecule has 0 bridgehead atoms. The number of methoxy groups -OCH3 is 1. The number of fused-ring (bicyclic) bond motifs is 1. The molecule has 2 N–H and O–H groups in total. The molecule has 3 aromatic rings. The van der Waals surface area contributed by atoms with Gasteiger partial charge in [0.1, 0.15) is 12.3 Å². The van der Waals surface area contributed by atoms with E-state index >= 15 is 0 Å². The summed E-state index contributed by atoms with van der Waals surface area (Å²) in [7, 11) is 1.68. The van der Waals surface area contributed by atoms with Gasteiger partial charge in [-0.2, -0.15) is 0 Å². The second kappa shape index (κ2) is 9.56. The topological polar surface area (TPSA) is 75.8 Å². The molecule has 0 saturated carbocycles. The van der Waals surface area contributed by atoms with Gasteiger partial charge in [0.25, 0.3) is 0 Å². The van der Waals surface area contributed by atoms with Crippen molar-refractivity contribution < 1.29 is 4.74 Å². The van der Waals surface area contributed by atoms with Crippen LogP contribution in [0, 0.1) is 0 Å². The first-order valence-corrected chi connectivity index (χ1v) is 9.24. The summed E-state index contributed by atoms with van der Waals surface area (Å²) < 4.78 is 7.14. The molecule has 0 aliphatic rings. The van der Waals surface area contributed by atoms with Crippen molar-refractivity contribution in [1.29, 1.82) is 0 Å². The molecule has 0 radical (unpaired) electrons. The third-order valence-corrected chi connectivity index (χ3v) is 4.20. The summed E-state index contributed by atoms with van der Waals surface area (Å²) in [5, 5.41) is 15.0. The highest BCUT2D eigenvalue weighted by molar-refractivity contribution is 5.79. The average molecular weight is 366 g/mol. The van der Waals surface area contributed by atoms with Gasteiger partial charge < -0.3 is 15.4 Å². The zero-order valence-corrected chi connectivity index (χ0v) is 15.9. The number of benzene rings is 1. The van der Waals surface area contributed by atoms with Crippen molar-refractivity contribution in [2.45, 2.75) is 26.3 Å². The molecule has 7 heteroatoms. The summed E-state index contributed by atoms with van der Waals surface area (Å²) in [6.45, 7) is 4.18. The van der Waals surface area contributed by atoms with E-state index in [9.17, 15) is 0 Å². The minimum absolute atomic E-state index is 0.471. The van der Waals surface area contributed by atoms with Gasteiger partial charge in [-0.3, -0.25) is 4.40 Å². The first-order chi connectivity index (χ1) is 13.3. The summed E-state index contributed by atoms with van der Waals surface area (Å²) in [5.41, 5.74) is 2.13. The molecular weight excluding hydrogens is 340 g/mol. The lowest BCUT2D eigenvalue weighted by Crippen LogP contribution is -2.37. The van der Waals surface area contributed by atoms with Gasteiger partial charge in [0.2, 0.25) is 0 Å². The first kappa shape index (κ1) is 18.7. The molecule has 0 fully saturated rings. The lowest BCUT2D eigenvalue weighted by atomic mass is 10.1. The second-order valence-electron chi connectivity index (χ2n) is 6.12. The third kappa shape index (κ3) is 5.20. The Morgan fingerprint density at radius 1 is 1.11 bits per heavy atom. The fourth-order valence-electron chi connectivity index (χ4n) is 2.78. The fourth-order valence-corrected chi connectivity index (χ4v) is 2.78. The molecule has 2 heterocycles. The average Bonchev–Trinajstić information content (AvgIpc) is 3.13. The summed E-state index contributed by atoms with van der Waals surface area (Å²) in [4.78, 5) is 4.63. The van der Waals surface area contributed by atoms with E-state index in [2.05, 4.69) is 44.9 Å². The highest BCUT2D eigenvalue weighted by Gasteiger charge is 2.04. The van der Waals surface area contributed by atoms with Gasteiger partial charge in [-0.25, -0.2) is 4.99 Å². The third-order valence-electron chi connectivity index (χ3n) is 4.20. The number of ether oxygens (including phenoxy) is 1. The Morgan fingerprint density at radius 3 is 2.74 bits per heavy atom. The highest BCUT2D eigenvalue weighted by atomic mass is 16.5. The smallest absolute Gasteiger partial charge is 0.191 e. The molecule has 0 amide bonds. The van der Waals surface area contributed by atoms with Crippen LogP contribution in [0.1, 0.15) is 24.7 Å². The van der Waals surface area contributed by atoms with Crippen LogP contribution in [0.25, 0.3) is 5.65 Å². The van der Waals surface area contributed by atoms with Crippen molar-refractivity contribution in [3.8, 4) is 5.75 Å². The van der Waals surface area contributed by atoms with Crippen molar-refractivity contribution in [3.05, 3.63) is 60.0 Å². The van der Waals surface area contributed by atoms with E-state index in [1.54, 1.807) is 7.11 Å². The number of aromatic nitrogens is 3. The number of hydrogen-bond acceptors (Lipinski definition) is 4. The number of aryl methyl sites for hydroxylation is 1. The van der Waals surface area contributed by atoms with Crippen molar-refractivity contribution >= 4 is 11.6 Å². The highest BCUT2D eigenvalue weighted by Crippen LogP contribution is 2.12. The Morgan fingerprint density at radius 2 is 1.96 bits per heavy atom. The minimum Gasteiger partial charge on any atom is -0.497 e. The zero-order chi connectivity index (χ0) is 18.9.